The molecule has 23 heavy (non-hydrogen) atoms. The molecule has 2 aliphatic carbocycles. The smallest absolute Gasteiger partial charge is 0.231 e. The summed E-state index contributed by atoms with van der Waals surface area (Å²) in [5.74, 6) is 1.14. The van der Waals surface area contributed by atoms with Crippen LogP contribution in [0, 0.1) is 17.8 Å². The van der Waals surface area contributed by atoms with Gasteiger partial charge < -0.3 is 16.0 Å². The molecule has 0 saturated heterocycles. The second-order valence-corrected chi connectivity index (χ2v) is 7.08. The molecule has 4 atom stereocenters. The first-order chi connectivity index (χ1) is 11.1. The van der Waals surface area contributed by atoms with Crippen molar-refractivity contribution < 1.29 is 9.59 Å². The number of nitrogens with two attached hydrogens (primary N) is 1. The molecule has 3 aliphatic rings. The highest BCUT2D eigenvalue weighted by molar-refractivity contribution is 6.01. The maximum atomic E-state index is 12.5. The number of anilines is 1. The summed E-state index contributed by atoms with van der Waals surface area (Å²) in [4.78, 5) is 26.3. The van der Waals surface area contributed by atoms with Gasteiger partial charge in [0.05, 0.1) is 12.3 Å². The summed E-state index contributed by atoms with van der Waals surface area (Å²) in [6, 6.07) is 7.86. The van der Waals surface area contributed by atoms with Gasteiger partial charge in [-0.3, -0.25) is 9.59 Å². The van der Waals surface area contributed by atoms with Crippen LogP contribution in [0.1, 0.15) is 24.8 Å². The van der Waals surface area contributed by atoms with E-state index in [-0.39, 0.29) is 23.8 Å². The molecule has 4 rings (SSSR count). The minimum Gasteiger partial charge on any atom is -0.354 e. The van der Waals surface area contributed by atoms with E-state index in [0.717, 1.165) is 24.1 Å². The number of carbonyl (C=O) groups is 2. The Hall–Kier alpha value is -1.88. The van der Waals surface area contributed by atoms with E-state index in [9.17, 15) is 9.59 Å². The van der Waals surface area contributed by atoms with Crippen molar-refractivity contribution >= 4 is 17.5 Å². The highest BCUT2D eigenvalue weighted by Gasteiger charge is 2.48. The second kappa shape index (κ2) is 5.64. The Morgan fingerprint density at radius 1 is 1.26 bits per heavy atom. The standard InChI is InChI=1S/C18H23N3O2/c19-17-13-6-5-12(9-13)16(17)18(23)20-7-8-21-14-4-2-1-3-11(14)10-15(21)22/h1-4,12-13,16-17H,5-10,19H2,(H,20,23). The minimum absolute atomic E-state index is 0.0166. The van der Waals surface area contributed by atoms with Gasteiger partial charge in [0.2, 0.25) is 11.8 Å². The van der Waals surface area contributed by atoms with Crippen molar-refractivity contribution in [1.82, 2.24) is 5.32 Å². The normalized spacial score (nSPS) is 31.5. The summed E-state index contributed by atoms with van der Waals surface area (Å²) in [7, 11) is 0. The molecule has 0 spiro atoms. The fraction of sp³-hybridized carbons (Fsp3) is 0.556. The van der Waals surface area contributed by atoms with E-state index in [1.54, 1.807) is 4.90 Å². The lowest BCUT2D eigenvalue weighted by atomic mass is 9.84. The number of fused-ring (bicyclic) bond motifs is 3. The van der Waals surface area contributed by atoms with Gasteiger partial charge in [-0.15, -0.1) is 0 Å². The van der Waals surface area contributed by atoms with Crippen molar-refractivity contribution in [2.24, 2.45) is 23.5 Å². The number of carbonyl (C=O) groups excluding carboxylic acids is 2. The number of rotatable bonds is 4. The molecule has 5 nitrogen and oxygen atoms in total. The zero-order valence-electron chi connectivity index (χ0n) is 13.2. The van der Waals surface area contributed by atoms with Gasteiger partial charge in [0, 0.05) is 24.8 Å². The molecule has 122 valence electrons. The molecular weight excluding hydrogens is 290 g/mol. The molecule has 5 heteroatoms. The summed E-state index contributed by atoms with van der Waals surface area (Å²) in [5, 5.41) is 3.01. The molecule has 1 aromatic rings. The largest absolute Gasteiger partial charge is 0.354 e. The van der Waals surface area contributed by atoms with E-state index >= 15 is 0 Å². The topological polar surface area (TPSA) is 75.4 Å². The van der Waals surface area contributed by atoms with Gasteiger partial charge in [0.1, 0.15) is 0 Å². The quantitative estimate of drug-likeness (QED) is 0.873. The maximum Gasteiger partial charge on any atom is 0.231 e. The lowest BCUT2D eigenvalue weighted by Crippen LogP contribution is -2.47. The summed E-state index contributed by atoms with van der Waals surface area (Å²) >= 11 is 0. The maximum absolute atomic E-state index is 12.5. The molecule has 1 heterocycles. The number of hydrogen-bond donors (Lipinski definition) is 2. The highest BCUT2D eigenvalue weighted by atomic mass is 16.2. The number of hydrogen-bond acceptors (Lipinski definition) is 3. The van der Waals surface area contributed by atoms with Gasteiger partial charge in [-0.05, 0) is 42.7 Å². The average molecular weight is 313 g/mol. The first-order valence-electron chi connectivity index (χ1n) is 8.56. The Balaban J connectivity index is 1.34. The van der Waals surface area contributed by atoms with Crippen molar-refractivity contribution in [3.63, 3.8) is 0 Å². The van der Waals surface area contributed by atoms with Crippen LogP contribution in [0.4, 0.5) is 5.69 Å². The summed E-state index contributed by atoms with van der Waals surface area (Å²) < 4.78 is 0. The van der Waals surface area contributed by atoms with E-state index in [1.165, 1.54) is 6.42 Å². The van der Waals surface area contributed by atoms with E-state index in [0.29, 0.717) is 31.3 Å². The fourth-order valence-electron chi connectivity index (χ4n) is 4.70. The summed E-state index contributed by atoms with van der Waals surface area (Å²) in [6.45, 7) is 1.01. The Morgan fingerprint density at radius 2 is 2.04 bits per heavy atom. The first-order valence-corrected chi connectivity index (χ1v) is 8.56. The van der Waals surface area contributed by atoms with Gasteiger partial charge in [-0.25, -0.2) is 0 Å². The monoisotopic (exact) mass is 313 g/mol. The van der Waals surface area contributed by atoms with Crippen LogP contribution in [-0.4, -0.2) is 30.9 Å². The number of nitrogens with one attached hydrogen (secondary N) is 1. The summed E-state index contributed by atoms with van der Waals surface area (Å²) in [6.07, 6.45) is 3.88. The van der Waals surface area contributed by atoms with Gasteiger partial charge >= 0.3 is 0 Å². The van der Waals surface area contributed by atoms with Crippen molar-refractivity contribution in [3.8, 4) is 0 Å². The molecule has 0 radical (unpaired) electrons. The SMILES string of the molecule is NC1C2CCC(C2)C1C(=O)NCCN1C(=O)Cc2ccccc21. The van der Waals surface area contributed by atoms with Crippen molar-refractivity contribution in [2.75, 3.05) is 18.0 Å². The predicted molar refractivity (Wildman–Crippen MR) is 87.8 cm³/mol. The third kappa shape index (κ3) is 2.43. The van der Waals surface area contributed by atoms with E-state index in [1.807, 2.05) is 24.3 Å². The van der Waals surface area contributed by atoms with E-state index in [4.69, 9.17) is 5.73 Å². The lowest BCUT2D eigenvalue weighted by molar-refractivity contribution is -0.127. The molecule has 3 N–H and O–H groups in total. The van der Waals surface area contributed by atoms with Crippen LogP contribution in [0.3, 0.4) is 0 Å². The third-order valence-corrected chi connectivity index (χ3v) is 5.84. The van der Waals surface area contributed by atoms with Crippen LogP contribution in [0.5, 0.6) is 0 Å². The Bertz CT molecular complexity index is 643. The number of benzene rings is 1. The van der Waals surface area contributed by atoms with Gasteiger partial charge in [0.15, 0.2) is 0 Å². The zero-order valence-corrected chi connectivity index (χ0v) is 13.2. The highest BCUT2D eigenvalue weighted by Crippen LogP contribution is 2.47. The Labute approximate surface area is 136 Å². The zero-order chi connectivity index (χ0) is 16.0. The molecule has 2 fully saturated rings. The van der Waals surface area contributed by atoms with Crippen LogP contribution in [0.15, 0.2) is 24.3 Å². The van der Waals surface area contributed by atoms with Gasteiger partial charge in [-0.2, -0.15) is 0 Å². The second-order valence-electron chi connectivity index (χ2n) is 7.08. The third-order valence-electron chi connectivity index (χ3n) is 5.84. The van der Waals surface area contributed by atoms with Crippen LogP contribution >= 0.6 is 0 Å². The predicted octanol–water partition coefficient (Wildman–Crippen LogP) is 1.07. The fourth-order valence-corrected chi connectivity index (χ4v) is 4.70. The first kappa shape index (κ1) is 14.7. The Morgan fingerprint density at radius 3 is 2.83 bits per heavy atom. The molecule has 1 aromatic carbocycles. The van der Waals surface area contributed by atoms with Gasteiger partial charge in [-0.1, -0.05) is 18.2 Å². The van der Waals surface area contributed by atoms with Crippen molar-refractivity contribution in [1.29, 1.82) is 0 Å². The number of amides is 2. The lowest BCUT2D eigenvalue weighted by Gasteiger charge is -2.27. The number of para-hydroxylation sites is 1. The summed E-state index contributed by atoms with van der Waals surface area (Å²) in [5.41, 5.74) is 8.26. The Kier molecular flexibility index (Phi) is 3.60. The number of nitrogens with zero attached hydrogens (tertiary/aromatic N) is 1. The molecule has 2 bridgehead atoms. The van der Waals surface area contributed by atoms with E-state index in [2.05, 4.69) is 5.32 Å². The molecule has 4 unspecified atom stereocenters. The molecular formula is C18H23N3O2. The molecule has 0 aromatic heterocycles. The van der Waals surface area contributed by atoms with Crippen molar-refractivity contribution in [2.45, 2.75) is 31.7 Å². The van der Waals surface area contributed by atoms with Gasteiger partial charge in [0.25, 0.3) is 0 Å². The average Bonchev–Trinajstić information content (AvgIpc) is 3.20. The van der Waals surface area contributed by atoms with E-state index < -0.39 is 0 Å². The molecule has 1 aliphatic heterocycles. The molecule has 2 amide bonds. The van der Waals surface area contributed by atoms with Crippen LogP contribution in [0.2, 0.25) is 0 Å². The van der Waals surface area contributed by atoms with Crippen molar-refractivity contribution in [3.05, 3.63) is 29.8 Å². The minimum atomic E-state index is -0.0321. The van der Waals surface area contributed by atoms with Crippen LogP contribution in [-0.2, 0) is 16.0 Å². The van der Waals surface area contributed by atoms with Crippen LogP contribution in [0.25, 0.3) is 0 Å². The molecule has 2 saturated carbocycles. The van der Waals surface area contributed by atoms with Crippen LogP contribution < -0.4 is 16.0 Å².